The van der Waals surface area contributed by atoms with Crippen molar-refractivity contribution in [3.8, 4) is 0 Å². The zero-order valence-electron chi connectivity index (χ0n) is 11.2. The first-order valence-electron chi connectivity index (χ1n) is 6.20. The molecule has 1 unspecified atom stereocenters. The van der Waals surface area contributed by atoms with Crippen LogP contribution >= 0.6 is 0 Å². The van der Waals surface area contributed by atoms with E-state index < -0.39 is 17.9 Å². The van der Waals surface area contributed by atoms with Crippen molar-refractivity contribution in [2.45, 2.75) is 25.8 Å². The molecule has 2 N–H and O–H groups in total. The van der Waals surface area contributed by atoms with E-state index in [-0.39, 0.29) is 6.61 Å². The fraction of sp³-hybridized carbons (Fsp3) is 0.429. The highest BCUT2D eigenvalue weighted by Gasteiger charge is 2.20. The number of carbonyl (C=O) groups excluding carboxylic acids is 1. The van der Waals surface area contributed by atoms with E-state index in [1.165, 1.54) is 7.11 Å². The number of methoxy groups -OCH3 is 1. The number of ether oxygens (including phenoxy) is 1. The van der Waals surface area contributed by atoms with Gasteiger partial charge in [-0.05, 0) is 24.1 Å². The number of amides is 1. The van der Waals surface area contributed by atoms with Gasteiger partial charge in [0.15, 0.2) is 6.04 Å². The van der Waals surface area contributed by atoms with Crippen molar-refractivity contribution in [1.82, 2.24) is 5.32 Å². The molecule has 104 valence electrons. The summed E-state index contributed by atoms with van der Waals surface area (Å²) in [6.07, 6.45) is 2.00. The van der Waals surface area contributed by atoms with Crippen molar-refractivity contribution in [1.29, 1.82) is 0 Å². The summed E-state index contributed by atoms with van der Waals surface area (Å²) >= 11 is 0. The molecule has 0 saturated carbocycles. The van der Waals surface area contributed by atoms with Gasteiger partial charge >= 0.3 is 5.97 Å². The third-order valence-electron chi connectivity index (χ3n) is 2.69. The Morgan fingerprint density at radius 2 is 1.95 bits per heavy atom. The molecule has 1 aromatic carbocycles. The molecule has 5 nitrogen and oxygen atoms in total. The topological polar surface area (TPSA) is 75.6 Å². The van der Waals surface area contributed by atoms with Gasteiger partial charge in [-0.3, -0.25) is 4.79 Å². The summed E-state index contributed by atoms with van der Waals surface area (Å²) in [5.41, 5.74) is 1.60. The van der Waals surface area contributed by atoms with Gasteiger partial charge in [-0.25, -0.2) is 4.79 Å². The van der Waals surface area contributed by atoms with Crippen molar-refractivity contribution in [3.05, 3.63) is 35.4 Å². The molecule has 0 spiro atoms. The van der Waals surface area contributed by atoms with Gasteiger partial charge in [-0.15, -0.1) is 0 Å². The minimum absolute atomic E-state index is 0.0605. The molecule has 0 heterocycles. The monoisotopic (exact) mass is 265 g/mol. The second kappa shape index (κ2) is 7.53. The number of aryl methyl sites for hydroxylation is 1. The van der Waals surface area contributed by atoms with E-state index in [4.69, 9.17) is 9.84 Å². The number of carbonyl (C=O) groups is 2. The van der Waals surface area contributed by atoms with Crippen LogP contribution in [0.3, 0.4) is 0 Å². The smallest absolute Gasteiger partial charge is 0.328 e. The molecule has 1 atom stereocenters. The van der Waals surface area contributed by atoms with Gasteiger partial charge in [0.05, 0.1) is 6.61 Å². The normalized spacial score (nSPS) is 11.9. The highest BCUT2D eigenvalue weighted by molar-refractivity contribution is 5.96. The molecule has 0 saturated heterocycles. The predicted molar refractivity (Wildman–Crippen MR) is 71.2 cm³/mol. The molecule has 0 radical (unpaired) electrons. The highest BCUT2D eigenvalue weighted by atomic mass is 16.5. The summed E-state index contributed by atoms with van der Waals surface area (Å²) in [7, 11) is 1.39. The van der Waals surface area contributed by atoms with E-state index in [9.17, 15) is 9.59 Å². The molecule has 1 aromatic rings. The van der Waals surface area contributed by atoms with Gasteiger partial charge in [0.1, 0.15) is 0 Å². The minimum atomic E-state index is -1.11. The van der Waals surface area contributed by atoms with Crippen LogP contribution in [0.15, 0.2) is 24.3 Å². The van der Waals surface area contributed by atoms with Crippen LogP contribution in [0.4, 0.5) is 0 Å². The first-order valence-corrected chi connectivity index (χ1v) is 6.20. The van der Waals surface area contributed by atoms with Gasteiger partial charge in [-0.2, -0.15) is 0 Å². The minimum Gasteiger partial charge on any atom is -0.480 e. The van der Waals surface area contributed by atoms with Crippen molar-refractivity contribution < 1.29 is 19.4 Å². The first kappa shape index (κ1) is 15.2. The van der Waals surface area contributed by atoms with E-state index >= 15 is 0 Å². The van der Waals surface area contributed by atoms with Crippen LogP contribution in [-0.2, 0) is 16.0 Å². The van der Waals surface area contributed by atoms with Crippen LogP contribution in [0.5, 0.6) is 0 Å². The van der Waals surface area contributed by atoms with Crippen LogP contribution in [-0.4, -0.2) is 36.7 Å². The van der Waals surface area contributed by atoms with Crippen LogP contribution < -0.4 is 5.32 Å². The van der Waals surface area contributed by atoms with Crippen LogP contribution in [0, 0.1) is 0 Å². The molecule has 0 aliphatic rings. The third kappa shape index (κ3) is 4.71. The Hall–Kier alpha value is -1.88. The number of carboxylic acids is 1. The summed E-state index contributed by atoms with van der Waals surface area (Å²) in [5.74, 6) is -1.52. The lowest BCUT2D eigenvalue weighted by molar-refractivity contribution is -0.140. The molecular formula is C14H19NO4. The first-order chi connectivity index (χ1) is 9.08. The molecule has 1 rings (SSSR count). The average molecular weight is 265 g/mol. The fourth-order valence-electron chi connectivity index (χ4n) is 1.69. The summed E-state index contributed by atoms with van der Waals surface area (Å²) in [4.78, 5) is 22.8. The van der Waals surface area contributed by atoms with Gasteiger partial charge in [0, 0.05) is 12.7 Å². The second-order valence-electron chi connectivity index (χ2n) is 4.27. The molecule has 0 fully saturated rings. The SMILES string of the molecule is CCCc1ccc(C(=O)NC(COC)C(=O)O)cc1. The Balaban J connectivity index is 2.68. The lowest BCUT2D eigenvalue weighted by Crippen LogP contribution is -2.43. The van der Waals surface area contributed by atoms with Crippen molar-refractivity contribution in [3.63, 3.8) is 0 Å². The lowest BCUT2D eigenvalue weighted by atomic mass is 10.1. The number of carboxylic acid groups (broad SMARTS) is 1. The molecular weight excluding hydrogens is 246 g/mol. The molecule has 0 aliphatic carbocycles. The molecule has 5 heteroatoms. The largest absolute Gasteiger partial charge is 0.480 e. The van der Waals surface area contributed by atoms with Crippen molar-refractivity contribution in [2.75, 3.05) is 13.7 Å². The van der Waals surface area contributed by atoms with E-state index in [0.717, 1.165) is 18.4 Å². The van der Waals surface area contributed by atoms with E-state index in [1.54, 1.807) is 12.1 Å². The Kier molecular flexibility index (Phi) is 6.02. The van der Waals surface area contributed by atoms with Crippen molar-refractivity contribution >= 4 is 11.9 Å². The second-order valence-corrected chi connectivity index (χ2v) is 4.27. The number of nitrogens with one attached hydrogen (secondary N) is 1. The predicted octanol–water partition coefficient (Wildman–Crippen LogP) is 1.47. The molecule has 0 aromatic heterocycles. The Morgan fingerprint density at radius 1 is 1.32 bits per heavy atom. The Bertz CT molecular complexity index is 428. The summed E-state index contributed by atoms with van der Waals surface area (Å²) < 4.78 is 4.76. The zero-order valence-corrected chi connectivity index (χ0v) is 11.2. The van der Waals surface area contributed by atoms with E-state index in [2.05, 4.69) is 12.2 Å². The van der Waals surface area contributed by atoms with Gasteiger partial charge in [-0.1, -0.05) is 25.5 Å². The summed E-state index contributed by atoms with van der Waals surface area (Å²) in [6, 6.07) is 6.13. The van der Waals surface area contributed by atoms with E-state index in [1.807, 2.05) is 12.1 Å². The number of hydrogen-bond donors (Lipinski definition) is 2. The van der Waals surface area contributed by atoms with Gasteiger partial charge in [0.2, 0.25) is 0 Å². The molecule has 0 bridgehead atoms. The Morgan fingerprint density at radius 3 is 2.42 bits per heavy atom. The van der Waals surface area contributed by atoms with Crippen molar-refractivity contribution in [2.24, 2.45) is 0 Å². The summed E-state index contributed by atoms with van der Waals surface area (Å²) in [6.45, 7) is 2.03. The van der Waals surface area contributed by atoms with Crippen LogP contribution in [0.2, 0.25) is 0 Å². The summed E-state index contributed by atoms with van der Waals surface area (Å²) in [5, 5.41) is 11.3. The zero-order chi connectivity index (χ0) is 14.3. The maximum Gasteiger partial charge on any atom is 0.328 e. The number of hydrogen-bond acceptors (Lipinski definition) is 3. The lowest BCUT2D eigenvalue weighted by Gasteiger charge is -2.13. The number of benzene rings is 1. The van der Waals surface area contributed by atoms with Crippen LogP contribution in [0.1, 0.15) is 29.3 Å². The maximum absolute atomic E-state index is 11.9. The van der Waals surface area contributed by atoms with Crippen LogP contribution in [0.25, 0.3) is 0 Å². The third-order valence-corrected chi connectivity index (χ3v) is 2.69. The molecule has 1 amide bonds. The fourth-order valence-corrected chi connectivity index (χ4v) is 1.69. The quantitative estimate of drug-likeness (QED) is 0.782. The number of aliphatic carboxylic acids is 1. The molecule has 0 aliphatic heterocycles. The molecule has 19 heavy (non-hydrogen) atoms. The average Bonchev–Trinajstić information content (AvgIpc) is 2.39. The van der Waals surface area contributed by atoms with E-state index in [0.29, 0.717) is 5.56 Å². The number of rotatable bonds is 7. The standard InChI is InChI=1S/C14H19NO4/c1-3-4-10-5-7-11(8-6-10)13(16)15-12(9-19-2)14(17)18/h5-8,12H,3-4,9H2,1-2H3,(H,15,16)(H,17,18). The Labute approximate surface area is 112 Å². The van der Waals surface area contributed by atoms with Gasteiger partial charge < -0.3 is 15.2 Å². The maximum atomic E-state index is 11.9. The highest BCUT2D eigenvalue weighted by Crippen LogP contribution is 2.07. The van der Waals surface area contributed by atoms with Gasteiger partial charge in [0.25, 0.3) is 5.91 Å².